The molecule has 2 unspecified atom stereocenters. The average Bonchev–Trinajstić information content (AvgIpc) is 3.13. The van der Waals surface area contributed by atoms with Crippen LogP contribution in [-0.2, 0) is 4.79 Å². The lowest BCUT2D eigenvalue weighted by Crippen LogP contribution is -2.62. The number of amides is 2. The van der Waals surface area contributed by atoms with Crippen LogP contribution in [-0.4, -0.2) is 40.5 Å². The highest BCUT2D eigenvalue weighted by Crippen LogP contribution is 2.24. The van der Waals surface area contributed by atoms with Gasteiger partial charge in [0.05, 0.1) is 0 Å². The molecule has 0 bridgehead atoms. The number of hydrogen-bond acceptors (Lipinski definition) is 4. The minimum atomic E-state index is -0.537. The molecule has 0 aliphatic carbocycles. The van der Waals surface area contributed by atoms with Crippen LogP contribution < -0.4 is 5.32 Å². The zero-order chi connectivity index (χ0) is 21.1. The first-order valence-electron chi connectivity index (χ1n) is 10.1. The molecule has 1 N–H and O–H groups in total. The van der Waals surface area contributed by atoms with E-state index in [-0.39, 0.29) is 35.4 Å². The molecule has 0 radical (unpaired) electrons. The zero-order valence-electron chi connectivity index (χ0n) is 17.3. The van der Waals surface area contributed by atoms with Crippen LogP contribution in [0.15, 0.2) is 34.9 Å². The summed E-state index contributed by atoms with van der Waals surface area (Å²) in [6.45, 7) is 8.66. The number of carbonyl (C=O) groups is 2. The first-order valence-corrected chi connectivity index (χ1v) is 10.1. The minimum absolute atomic E-state index is 0.0797. The van der Waals surface area contributed by atoms with Gasteiger partial charge in [0.15, 0.2) is 0 Å². The third-order valence-electron chi connectivity index (χ3n) is 5.01. The lowest BCUT2D eigenvalue weighted by Gasteiger charge is -2.40. The Hall–Kier alpha value is -2.70. The van der Waals surface area contributed by atoms with Gasteiger partial charge >= 0.3 is 0 Å². The van der Waals surface area contributed by atoms with E-state index in [2.05, 4.69) is 24.3 Å². The summed E-state index contributed by atoms with van der Waals surface area (Å²) in [4.78, 5) is 27.6. The van der Waals surface area contributed by atoms with E-state index >= 15 is 0 Å². The van der Waals surface area contributed by atoms with Gasteiger partial charge in [-0.3, -0.25) is 9.59 Å². The molecule has 1 aliphatic heterocycles. The number of nitrogens with one attached hydrogen (secondary N) is 1. The molecule has 1 aromatic carbocycles. The first-order chi connectivity index (χ1) is 13.7. The monoisotopic (exact) mass is 401 g/mol. The zero-order valence-corrected chi connectivity index (χ0v) is 17.3. The van der Waals surface area contributed by atoms with Gasteiger partial charge in [-0.2, -0.15) is 0 Å². The summed E-state index contributed by atoms with van der Waals surface area (Å²) >= 11 is 0. The van der Waals surface area contributed by atoms with Crippen molar-refractivity contribution in [1.29, 1.82) is 0 Å². The number of halogens is 1. The molecule has 29 heavy (non-hydrogen) atoms. The maximum absolute atomic E-state index is 13.2. The van der Waals surface area contributed by atoms with Crippen LogP contribution >= 0.6 is 0 Å². The van der Waals surface area contributed by atoms with Gasteiger partial charge in [0.1, 0.15) is 17.6 Å². The highest BCUT2D eigenvalue weighted by atomic mass is 19.1. The van der Waals surface area contributed by atoms with Gasteiger partial charge in [-0.25, -0.2) is 4.39 Å². The van der Waals surface area contributed by atoms with Crippen LogP contribution in [0.5, 0.6) is 0 Å². The van der Waals surface area contributed by atoms with Crippen LogP contribution in [0.4, 0.5) is 4.39 Å². The number of rotatable bonds is 6. The SMILES string of the molecule is CC(C)CC1CN(C(=O)c2cc(-c3ccc(F)cc3)no2)C(CC(C)C)C(=O)N1. The fourth-order valence-electron chi connectivity index (χ4n) is 3.73. The Morgan fingerprint density at radius 3 is 2.48 bits per heavy atom. The number of benzene rings is 1. The molecule has 2 aromatic rings. The molecular formula is C22H28FN3O3. The van der Waals surface area contributed by atoms with Crippen LogP contribution in [0.25, 0.3) is 11.3 Å². The molecule has 2 atom stereocenters. The van der Waals surface area contributed by atoms with Gasteiger partial charge in [0.2, 0.25) is 11.7 Å². The Balaban J connectivity index is 1.85. The molecule has 1 aromatic heterocycles. The summed E-state index contributed by atoms with van der Waals surface area (Å²) < 4.78 is 18.4. The second-order valence-electron chi connectivity index (χ2n) is 8.52. The molecule has 3 rings (SSSR count). The highest BCUT2D eigenvalue weighted by Gasteiger charge is 2.39. The maximum atomic E-state index is 13.2. The minimum Gasteiger partial charge on any atom is -0.350 e. The largest absolute Gasteiger partial charge is 0.350 e. The van der Waals surface area contributed by atoms with Gasteiger partial charge in [-0.15, -0.1) is 0 Å². The summed E-state index contributed by atoms with van der Waals surface area (Å²) in [5.41, 5.74) is 1.11. The van der Waals surface area contributed by atoms with Gasteiger partial charge < -0.3 is 14.7 Å². The highest BCUT2D eigenvalue weighted by molar-refractivity contribution is 5.97. The topological polar surface area (TPSA) is 75.4 Å². The Morgan fingerprint density at radius 2 is 1.86 bits per heavy atom. The molecule has 1 saturated heterocycles. The molecule has 6 nitrogen and oxygen atoms in total. The number of nitrogens with zero attached hydrogens (tertiary/aromatic N) is 2. The molecule has 2 amide bonds. The second-order valence-corrected chi connectivity index (χ2v) is 8.52. The van der Waals surface area contributed by atoms with Gasteiger partial charge in [0, 0.05) is 24.2 Å². The third kappa shape index (κ3) is 5.02. The van der Waals surface area contributed by atoms with E-state index in [4.69, 9.17) is 4.52 Å². The van der Waals surface area contributed by atoms with Crippen molar-refractivity contribution in [3.8, 4) is 11.3 Å². The molecule has 1 aliphatic rings. The van der Waals surface area contributed by atoms with E-state index in [1.807, 2.05) is 13.8 Å². The standard InChI is InChI=1S/C22H28FN3O3/c1-13(2)9-17-12-26(19(10-14(3)4)21(27)24-17)22(28)20-11-18(25-29-20)15-5-7-16(23)8-6-15/h5-8,11,13-14,17,19H,9-10,12H2,1-4H3,(H,24,27). The summed E-state index contributed by atoms with van der Waals surface area (Å²) in [6.07, 6.45) is 1.37. The lowest BCUT2D eigenvalue weighted by atomic mass is 9.94. The van der Waals surface area contributed by atoms with E-state index in [0.717, 1.165) is 6.42 Å². The Bertz CT molecular complexity index is 860. The number of hydrogen-bond donors (Lipinski definition) is 1. The molecule has 0 spiro atoms. The summed E-state index contributed by atoms with van der Waals surface area (Å²) in [6, 6.07) is 6.74. The molecule has 1 fully saturated rings. The van der Waals surface area contributed by atoms with E-state index < -0.39 is 6.04 Å². The number of piperazine rings is 1. The fraction of sp³-hybridized carbons (Fsp3) is 0.500. The fourth-order valence-corrected chi connectivity index (χ4v) is 3.73. The average molecular weight is 401 g/mol. The van der Waals surface area contributed by atoms with Crippen molar-refractivity contribution in [1.82, 2.24) is 15.4 Å². The van der Waals surface area contributed by atoms with Crippen LogP contribution in [0.2, 0.25) is 0 Å². The summed E-state index contributed by atoms with van der Waals surface area (Å²) in [7, 11) is 0. The van der Waals surface area contributed by atoms with E-state index in [1.165, 1.54) is 12.1 Å². The molecule has 2 heterocycles. The van der Waals surface area contributed by atoms with Gasteiger partial charge in [0.25, 0.3) is 5.91 Å². The van der Waals surface area contributed by atoms with E-state index in [9.17, 15) is 14.0 Å². The van der Waals surface area contributed by atoms with E-state index in [0.29, 0.717) is 30.1 Å². The molecule has 0 saturated carbocycles. The molecule has 156 valence electrons. The van der Waals surface area contributed by atoms with Crippen molar-refractivity contribution in [2.45, 2.75) is 52.6 Å². The van der Waals surface area contributed by atoms with Crippen molar-refractivity contribution in [3.05, 3.63) is 41.9 Å². The van der Waals surface area contributed by atoms with Gasteiger partial charge in [-0.1, -0.05) is 32.9 Å². The quantitative estimate of drug-likeness (QED) is 0.797. The van der Waals surface area contributed by atoms with E-state index in [1.54, 1.807) is 23.1 Å². The van der Waals surface area contributed by atoms with Crippen LogP contribution in [0, 0.1) is 17.7 Å². The second kappa shape index (κ2) is 8.76. The smallest absolute Gasteiger partial charge is 0.293 e. The van der Waals surface area contributed by atoms with Crippen LogP contribution in [0.3, 0.4) is 0 Å². The van der Waals surface area contributed by atoms with Crippen molar-refractivity contribution < 1.29 is 18.5 Å². The summed E-state index contributed by atoms with van der Waals surface area (Å²) in [5.74, 6) is -0.0829. The Labute approximate surface area is 170 Å². The van der Waals surface area contributed by atoms with Crippen molar-refractivity contribution in [2.75, 3.05) is 6.54 Å². The van der Waals surface area contributed by atoms with Crippen molar-refractivity contribution in [2.24, 2.45) is 11.8 Å². The predicted octanol–water partition coefficient (Wildman–Crippen LogP) is 3.88. The predicted molar refractivity (Wildman–Crippen MR) is 108 cm³/mol. The number of aromatic nitrogens is 1. The third-order valence-corrected chi connectivity index (χ3v) is 5.01. The van der Waals surface area contributed by atoms with Crippen molar-refractivity contribution in [3.63, 3.8) is 0 Å². The van der Waals surface area contributed by atoms with Gasteiger partial charge in [-0.05, 0) is 48.9 Å². The molecular weight excluding hydrogens is 373 g/mol. The first kappa shape index (κ1) is 21.0. The normalized spacial score (nSPS) is 19.7. The summed E-state index contributed by atoms with van der Waals surface area (Å²) in [5, 5.41) is 7.02. The van der Waals surface area contributed by atoms with Crippen LogP contribution in [0.1, 0.15) is 51.1 Å². The Kier molecular flexibility index (Phi) is 6.35. The number of carbonyl (C=O) groups excluding carboxylic acids is 2. The lowest BCUT2D eigenvalue weighted by molar-refractivity contribution is -0.130. The molecule has 7 heteroatoms. The maximum Gasteiger partial charge on any atom is 0.293 e. The van der Waals surface area contributed by atoms with Crippen molar-refractivity contribution >= 4 is 11.8 Å². The Morgan fingerprint density at radius 1 is 1.21 bits per heavy atom.